The van der Waals surface area contributed by atoms with Gasteiger partial charge < -0.3 is 15.0 Å². The number of hydrogen-bond donors (Lipinski definition) is 2. The van der Waals surface area contributed by atoms with Crippen molar-refractivity contribution in [2.75, 3.05) is 13.1 Å². The molecule has 0 unspecified atom stereocenters. The van der Waals surface area contributed by atoms with Gasteiger partial charge in [0.05, 0.1) is 11.4 Å². The summed E-state index contributed by atoms with van der Waals surface area (Å²) in [4.78, 5) is 27.4. The number of amides is 1. The van der Waals surface area contributed by atoms with Gasteiger partial charge in [0, 0.05) is 30.6 Å². The molecule has 7 nitrogen and oxygen atoms in total. The topological polar surface area (TPSA) is 90.7 Å². The molecule has 1 aliphatic heterocycles. The van der Waals surface area contributed by atoms with Gasteiger partial charge in [0.1, 0.15) is 5.65 Å². The summed E-state index contributed by atoms with van der Waals surface area (Å²) in [5.41, 5.74) is 3.90. The zero-order valence-corrected chi connectivity index (χ0v) is 12.2. The summed E-state index contributed by atoms with van der Waals surface area (Å²) in [7, 11) is 0. The minimum Gasteiger partial charge on any atom is -0.465 e. The molecule has 0 radical (unpaired) electrons. The molecule has 0 saturated carbocycles. The van der Waals surface area contributed by atoms with E-state index in [1.165, 1.54) is 10.5 Å². The third kappa shape index (κ3) is 2.00. The van der Waals surface area contributed by atoms with Crippen molar-refractivity contribution in [1.29, 1.82) is 0 Å². The quantitative estimate of drug-likeness (QED) is 0.832. The summed E-state index contributed by atoms with van der Waals surface area (Å²) in [6, 6.07) is 1.62. The van der Waals surface area contributed by atoms with E-state index in [1.807, 2.05) is 4.52 Å². The molecule has 116 valence electrons. The van der Waals surface area contributed by atoms with E-state index in [0.717, 1.165) is 49.1 Å². The molecule has 1 saturated heterocycles. The largest absolute Gasteiger partial charge is 0.465 e. The average Bonchev–Trinajstić information content (AvgIpc) is 3.08. The lowest BCUT2D eigenvalue weighted by Gasteiger charge is -2.30. The van der Waals surface area contributed by atoms with Gasteiger partial charge in [0.25, 0.3) is 5.56 Å². The van der Waals surface area contributed by atoms with E-state index in [0.29, 0.717) is 13.1 Å². The van der Waals surface area contributed by atoms with Crippen molar-refractivity contribution in [3.63, 3.8) is 0 Å². The standard InChI is InChI=1S/C15H18N4O3/c20-13-8-12(9-4-6-18(7-5-9)15(21)22)19-14(16-13)10-2-1-3-11(10)17-19/h8-9H,1-7H2,(H,16,20)(H,21,22). The number of likely N-dealkylation sites (tertiary alicyclic amines) is 1. The number of aryl methyl sites for hydroxylation is 2. The Morgan fingerprint density at radius 1 is 1.32 bits per heavy atom. The van der Waals surface area contributed by atoms with Crippen LogP contribution in [0.1, 0.15) is 42.1 Å². The van der Waals surface area contributed by atoms with E-state index >= 15 is 0 Å². The van der Waals surface area contributed by atoms with E-state index < -0.39 is 6.09 Å². The molecular weight excluding hydrogens is 284 g/mol. The Bertz CT molecular complexity index is 799. The molecule has 3 heterocycles. The fourth-order valence-electron chi connectivity index (χ4n) is 3.71. The summed E-state index contributed by atoms with van der Waals surface area (Å²) in [5, 5.41) is 13.7. The van der Waals surface area contributed by atoms with Crippen molar-refractivity contribution in [2.45, 2.75) is 38.0 Å². The fraction of sp³-hybridized carbons (Fsp3) is 0.533. The molecule has 0 spiro atoms. The first-order valence-corrected chi connectivity index (χ1v) is 7.75. The summed E-state index contributed by atoms with van der Waals surface area (Å²) >= 11 is 0. The minimum atomic E-state index is -0.868. The number of aromatic nitrogens is 3. The van der Waals surface area contributed by atoms with Gasteiger partial charge in [-0.2, -0.15) is 5.10 Å². The monoisotopic (exact) mass is 302 g/mol. The van der Waals surface area contributed by atoms with Gasteiger partial charge in [0.15, 0.2) is 0 Å². The van der Waals surface area contributed by atoms with Crippen LogP contribution in [0, 0.1) is 0 Å². The lowest BCUT2D eigenvalue weighted by Crippen LogP contribution is -2.37. The van der Waals surface area contributed by atoms with Crippen LogP contribution in [0.2, 0.25) is 0 Å². The third-order valence-corrected chi connectivity index (χ3v) is 4.86. The van der Waals surface area contributed by atoms with Gasteiger partial charge in [-0.1, -0.05) is 0 Å². The van der Waals surface area contributed by atoms with Crippen LogP contribution in [-0.2, 0) is 12.8 Å². The molecule has 0 aromatic carbocycles. The maximum absolute atomic E-state index is 12.0. The molecule has 1 fully saturated rings. The van der Waals surface area contributed by atoms with Crippen LogP contribution in [0.15, 0.2) is 10.9 Å². The lowest BCUT2D eigenvalue weighted by atomic mass is 9.93. The third-order valence-electron chi connectivity index (χ3n) is 4.86. The molecule has 7 heteroatoms. The summed E-state index contributed by atoms with van der Waals surface area (Å²) in [6.07, 6.45) is 3.63. The highest BCUT2D eigenvalue weighted by Gasteiger charge is 2.27. The van der Waals surface area contributed by atoms with E-state index in [-0.39, 0.29) is 11.5 Å². The molecule has 0 bridgehead atoms. The molecule has 1 amide bonds. The van der Waals surface area contributed by atoms with Gasteiger partial charge in [-0.25, -0.2) is 9.31 Å². The normalized spacial score (nSPS) is 18.8. The first kappa shape index (κ1) is 13.4. The number of nitrogens with one attached hydrogen (secondary N) is 1. The molecule has 2 aliphatic rings. The Kier molecular flexibility index (Phi) is 2.95. The Hall–Kier alpha value is -2.31. The number of nitrogens with zero attached hydrogens (tertiary/aromatic N) is 3. The number of piperidine rings is 1. The maximum Gasteiger partial charge on any atom is 0.407 e. The second-order valence-electron chi connectivity index (χ2n) is 6.14. The van der Waals surface area contributed by atoms with Crippen LogP contribution in [0.25, 0.3) is 5.65 Å². The van der Waals surface area contributed by atoms with Gasteiger partial charge >= 0.3 is 6.09 Å². The maximum atomic E-state index is 12.0. The van der Waals surface area contributed by atoms with Crippen molar-refractivity contribution in [3.8, 4) is 0 Å². The Morgan fingerprint density at radius 2 is 2.09 bits per heavy atom. The number of aromatic amines is 1. The van der Waals surface area contributed by atoms with Crippen molar-refractivity contribution in [3.05, 3.63) is 33.4 Å². The van der Waals surface area contributed by atoms with Crippen molar-refractivity contribution in [1.82, 2.24) is 19.5 Å². The van der Waals surface area contributed by atoms with Crippen LogP contribution in [0.4, 0.5) is 4.79 Å². The molecule has 4 rings (SSSR count). The number of carbonyl (C=O) groups is 1. The van der Waals surface area contributed by atoms with Crippen molar-refractivity contribution < 1.29 is 9.90 Å². The van der Waals surface area contributed by atoms with E-state index in [4.69, 9.17) is 5.11 Å². The molecule has 2 N–H and O–H groups in total. The van der Waals surface area contributed by atoms with Crippen LogP contribution < -0.4 is 5.56 Å². The SMILES string of the molecule is O=C(O)N1CCC(c2cc(=O)[nH]c3c4c(nn23)CCC4)CC1. The number of carboxylic acid groups (broad SMARTS) is 1. The number of rotatable bonds is 1. The van der Waals surface area contributed by atoms with Crippen LogP contribution in [-0.4, -0.2) is 43.8 Å². The zero-order chi connectivity index (χ0) is 15.3. The highest BCUT2D eigenvalue weighted by Crippen LogP contribution is 2.30. The van der Waals surface area contributed by atoms with Crippen molar-refractivity contribution in [2.24, 2.45) is 0 Å². The average molecular weight is 302 g/mol. The molecular formula is C15H18N4O3. The number of fused-ring (bicyclic) bond motifs is 3. The van der Waals surface area contributed by atoms with Gasteiger partial charge in [0.2, 0.25) is 0 Å². The number of hydrogen-bond acceptors (Lipinski definition) is 3. The van der Waals surface area contributed by atoms with E-state index in [1.54, 1.807) is 6.07 Å². The van der Waals surface area contributed by atoms with Gasteiger partial charge in [-0.15, -0.1) is 0 Å². The van der Waals surface area contributed by atoms with Gasteiger partial charge in [-0.05, 0) is 32.1 Å². The summed E-state index contributed by atoms with van der Waals surface area (Å²) < 4.78 is 1.88. The predicted molar refractivity (Wildman–Crippen MR) is 79.4 cm³/mol. The van der Waals surface area contributed by atoms with Gasteiger partial charge in [-0.3, -0.25) is 4.79 Å². The predicted octanol–water partition coefficient (Wildman–Crippen LogP) is 1.37. The lowest BCUT2D eigenvalue weighted by molar-refractivity contribution is 0.131. The minimum absolute atomic E-state index is 0.0993. The fourth-order valence-corrected chi connectivity index (χ4v) is 3.71. The zero-order valence-electron chi connectivity index (χ0n) is 12.2. The van der Waals surface area contributed by atoms with Crippen LogP contribution >= 0.6 is 0 Å². The van der Waals surface area contributed by atoms with E-state index in [2.05, 4.69) is 10.1 Å². The second-order valence-corrected chi connectivity index (χ2v) is 6.14. The van der Waals surface area contributed by atoms with Crippen molar-refractivity contribution >= 4 is 11.7 Å². The first-order valence-electron chi connectivity index (χ1n) is 7.75. The molecule has 2 aromatic heterocycles. The first-order chi connectivity index (χ1) is 10.6. The molecule has 2 aromatic rings. The highest BCUT2D eigenvalue weighted by atomic mass is 16.4. The Morgan fingerprint density at radius 3 is 2.82 bits per heavy atom. The molecule has 22 heavy (non-hydrogen) atoms. The van der Waals surface area contributed by atoms with Crippen LogP contribution in [0.3, 0.4) is 0 Å². The second kappa shape index (κ2) is 4.86. The Balaban J connectivity index is 1.73. The smallest absolute Gasteiger partial charge is 0.407 e. The molecule has 0 atom stereocenters. The molecule has 1 aliphatic carbocycles. The van der Waals surface area contributed by atoms with E-state index in [9.17, 15) is 9.59 Å². The number of H-pyrrole nitrogens is 1. The van der Waals surface area contributed by atoms with Crippen LogP contribution in [0.5, 0.6) is 0 Å². The highest BCUT2D eigenvalue weighted by molar-refractivity contribution is 5.65. The summed E-state index contributed by atoms with van der Waals surface area (Å²) in [6.45, 7) is 1.02. The summed E-state index contributed by atoms with van der Waals surface area (Å²) in [5.74, 6) is 0.181. The Labute approximate surface area is 126 Å².